The van der Waals surface area contributed by atoms with E-state index in [-0.39, 0.29) is 46.0 Å². The summed E-state index contributed by atoms with van der Waals surface area (Å²) >= 11 is 0. The third-order valence-electron chi connectivity index (χ3n) is 7.81. The molecule has 21 heteroatoms. The Bertz CT molecular complexity index is 953. The van der Waals surface area contributed by atoms with E-state index in [9.17, 15) is 55.5 Å². The number of hydrogen-bond donors (Lipinski definition) is 13. The van der Waals surface area contributed by atoms with E-state index in [2.05, 4.69) is 21.3 Å². The van der Waals surface area contributed by atoms with Crippen molar-refractivity contribution < 1.29 is 84.0 Å². The molecule has 2 amide bonds. The smallest absolute Gasteiger partial charge is 0.234 e. The number of methoxy groups -OCH3 is 1. The highest BCUT2D eigenvalue weighted by atomic mass is 16.7. The summed E-state index contributed by atoms with van der Waals surface area (Å²) < 4.78 is 31.9. The van der Waals surface area contributed by atoms with Crippen LogP contribution in [0.3, 0.4) is 0 Å². The second-order valence-corrected chi connectivity index (χ2v) is 11.2. The fourth-order valence-electron chi connectivity index (χ4n) is 5.11. The Labute approximate surface area is 269 Å². The Hall–Kier alpha value is -1.74. The van der Waals surface area contributed by atoms with Crippen LogP contribution in [0.1, 0.15) is 0 Å². The van der Waals surface area contributed by atoms with Gasteiger partial charge >= 0.3 is 0 Å². The predicted octanol–water partition coefficient (Wildman–Crippen LogP) is -8.87. The molecular weight excluding hydrogens is 640 g/mol. The van der Waals surface area contributed by atoms with Crippen LogP contribution in [0, 0.1) is 0 Å². The number of aliphatic hydroxyl groups is 9. The average Bonchev–Trinajstić information content (AvgIpc) is 3.06. The molecule has 3 aliphatic heterocycles. The molecule has 3 rings (SSSR count). The number of ether oxygens (including phenoxy) is 6. The highest BCUT2D eigenvalue weighted by Crippen LogP contribution is 2.23. The molecule has 3 aliphatic rings. The van der Waals surface area contributed by atoms with Gasteiger partial charge in [0.05, 0.1) is 52.2 Å². The van der Waals surface area contributed by atoms with Crippen LogP contribution < -0.4 is 21.3 Å². The van der Waals surface area contributed by atoms with Gasteiger partial charge in [0, 0.05) is 20.2 Å². The summed E-state index contributed by atoms with van der Waals surface area (Å²) in [6.07, 6.45) is -16.5. The number of aliphatic hydroxyl groups excluding tert-OH is 9. The SMILES string of the molecule is CO[C@@H]1OC[C@@H](NC(=O)CNCCO[C@@H]2O[C@H](CO)[C@@H](O)[C@H](O)[C@@H]2O)[C@H](O)[C@H]1NC(=O)CNCCO[C@@H]1O[C@H](CO)[C@@H](O)[C@H](O)[C@@H]1O. The fraction of sp³-hybridized carbons (Fsp3) is 0.923. The topological polar surface area (TPSA) is 320 Å². The van der Waals surface area contributed by atoms with Gasteiger partial charge in [-0.1, -0.05) is 0 Å². The molecule has 0 unspecified atom stereocenters. The molecule has 0 aromatic carbocycles. The molecule has 274 valence electrons. The van der Waals surface area contributed by atoms with E-state index >= 15 is 0 Å². The van der Waals surface area contributed by atoms with Gasteiger partial charge in [-0.25, -0.2) is 0 Å². The van der Waals surface area contributed by atoms with Crippen LogP contribution in [-0.4, -0.2) is 210 Å². The van der Waals surface area contributed by atoms with Gasteiger partial charge in [-0.15, -0.1) is 0 Å². The molecule has 0 spiro atoms. The lowest BCUT2D eigenvalue weighted by Gasteiger charge is -2.40. The van der Waals surface area contributed by atoms with Gasteiger partial charge < -0.3 is 95.6 Å². The maximum Gasteiger partial charge on any atom is 0.234 e. The molecule has 13 N–H and O–H groups in total. The first kappa shape index (κ1) is 39.7. The molecule has 3 fully saturated rings. The van der Waals surface area contributed by atoms with Crippen molar-refractivity contribution in [2.24, 2.45) is 0 Å². The zero-order valence-corrected chi connectivity index (χ0v) is 25.7. The molecule has 3 saturated heterocycles. The summed E-state index contributed by atoms with van der Waals surface area (Å²) in [5, 5.41) is 99.4. The summed E-state index contributed by atoms with van der Waals surface area (Å²) in [4.78, 5) is 25.1. The second kappa shape index (κ2) is 19.4. The number of rotatable bonds is 17. The van der Waals surface area contributed by atoms with E-state index in [1.54, 1.807) is 0 Å². The lowest BCUT2D eigenvalue weighted by molar-refractivity contribution is -0.300. The molecule has 0 bridgehead atoms. The summed E-state index contributed by atoms with van der Waals surface area (Å²) in [5.74, 6) is -1.08. The summed E-state index contributed by atoms with van der Waals surface area (Å²) in [6.45, 7) is -1.70. The molecule has 14 atom stereocenters. The van der Waals surface area contributed by atoms with Crippen LogP contribution in [-0.2, 0) is 38.0 Å². The van der Waals surface area contributed by atoms with Crippen LogP contribution in [0.15, 0.2) is 0 Å². The Morgan fingerprint density at radius 3 is 1.57 bits per heavy atom. The standard InChI is InChI=1S/C26H48N4O17/c1-42-24-16(30-15(34)7-28-3-5-44-26-23(41)21(39)19(37)13(9-32)47-26)17(35)11(10-45-24)29-14(33)6-27-2-4-43-25-22(40)20(38)18(36)12(8-31)46-25/h11-13,16-28,31-32,35-41H,2-10H2,1H3,(H,29,33)(H,30,34)/t11-,12-,13-,16-,17+,18-,19-,20+,21+,22+,23+,24-,25-,26-/m1/s1. The van der Waals surface area contributed by atoms with Gasteiger partial charge in [-0.2, -0.15) is 0 Å². The number of amides is 2. The van der Waals surface area contributed by atoms with E-state index in [0.29, 0.717) is 0 Å². The zero-order valence-electron chi connectivity index (χ0n) is 25.7. The Morgan fingerprint density at radius 1 is 0.660 bits per heavy atom. The van der Waals surface area contributed by atoms with E-state index in [0.717, 1.165) is 0 Å². The predicted molar refractivity (Wildman–Crippen MR) is 152 cm³/mol. The van der Waals surface area contributed by atoms with Crippen molar-refractivity contribution in [3.63, 3.8) is 0 Å². The van der Waals surface area contributed by atoms with Gasteiger partial charge in [0.15, 0.2) is 18.9 Å². The highest BCUT2D eigenvalue weighted by molar-refractivity contribution is 5.79. The number of carbonyl (C=O) groups excluding carboxylic acids is 2. The third kappa shape index (κ3) is 10.9. The lowest BCUT2D eigenvalue weighted by atomic mass is 9.99. The molecule has 3 heterocycles. The second-order valence-electron chi connectivity index (χ2n) is 11.2. The number of carbonyl (C=O) groups is 2. The fourth-order valence-corrected chi connectivity index (χ4v) is 5.11. The van der Waals surface area contributed by atoms with Crippen molar-refractivity contribution in [2.45, 2.75) is 85.9 Å². The summed E-state index contributed by atoms with van der Waals surface area (Å²) in [6, 6.07) is -1.97. The normalized spacial score (nSPS) is 39.4. The van der Waals surface area contributed by atoms with Crippen LogP contribution >= 0.6 is 0 Å². The van der Waals surface area contributed by atoms with Crippen molar-refractivity contribution >= 4 is 11.8 Å². The Balaban J connectivity index is 1.34. The van der Waals surface area contributed by atoms with Crippen molar-refractivity contribution in [1.29, 1.82) is 0 Å². The molecule has 0 aromatic heterocycles. The Morgan fingerprint density at radius 2 is 1.13 bits per heavy atom. The van der Waals surface area contributed by atoms with Gasteiger partial charge in [0.1, 0.15) is 61.0 Å². The van der Waals surface area contributed by atoms with Crippen LogP contribution in [0.25, 0.3) is 0 Å². The van der Waals surface area contributed by atoms with Gasteiger partial charge in [-0.05, 0) is 0 Å². The summed E-state index contributed by atoms with van der Waals surface area (Å²) in [5.41, 5.74) is 0. The minimum absolute atomic E-state index is 0.0668. The largest absolute Gasteiger partial charge is 0.394 e. The minimum Gasteiger partial charge on any atom is -0.394 e. The van der Waals surface area contributed by atoms with Gasteiger partial charge in [0.2, 0.25) is 11.8 Å². The molecular formula is C26H48N4O17. The number of nitrogens with one attached hydrogen (secondary N) is 4. The molecule has 0 radical (unpaired) electrons. The van der Waals surface area contributed by atoms with E-state index in [1.807, 2.05) is 0 Å². The van der Waals surface area contributed by atoms with Crippen molar-refractivity contribution in [2.75, 3.05) is 66.3 Å². The zero-order chi connectivity index (χ0) is 34.7. The van der Waals surface area contributed by atoms with E-state index in [4.69, 9.17) is 28.4 Å². The lowest BCUT2D eigenvalue weighted by Crippen LogP contribution is -2.65. The molecule has 0 aromatic rings. The average molecular weight is 689 g/mol. The van der Waals surface area contributed by atoms with Crippen LogP contribution in [0.2, 0.25) is 0 Å². The Kier molecular flexibility index (Phi) is 16.4. The highest BCUT2D eigenvalue weighted by Gasteiger charge is 2.45. The molecule has 21 nitrogen and oxygen atoms in total. The molecule has 0 saturated carbocycles. The first-order chi connectivity index (χ1) is 22.4. The van der Waals surface area contributed by atoms with Gasteiger partial charge in [-0.3, -0.25) is 9.59 Å². The van der Waals surface area contributed by atoms with Gasteiger partial charge in [0.25, 0.3) is 0 Å². The maximum absolute atomic E-state index is 12.6. The quantitative estimate of drug-likeness (QED) is 0.0631. The van der Waals surface area contributed by atoms with E-state index in [1.165, 1.54) is 7.11 Å². The van der Waals surface area contributed by atoms with Crippen molar-refractivity contribution in [3.8, 4) is 0 Å². The molecule has 47 heavy (non-hydrogen) atoms. The minimum atomic E-state index is -1.58. The monoisotopic (exact) mass is 688 g/mol. The van der Waals surface area contributed by atoms with Crippen molar-refractivity contribution in [1.82, 2.24) is 21.3 Å². The first-order valence-corrected chi connectivity index (χ1v) is 15.1. The van der Waals surface area contributed by atoms with Crippen LogP contribution in [0.5, 0.6) is 0 Å². The summed E-state index contributed by atoms with van der Waals surface area (Å²) in [7, 11) is 1.32. The molecule has 0 aliphatic carbocycles. The third-order valence-corrected chi connectivity index (χ3v) is 7.81. The number of hydrogen-bond acceptors (Lipinski definition) is 19. The van der Waals surface area contributed by atoms with Crippen molar-refractivity contribution in [3.05, 3.63) is 0 Å². The van der Waals surface area contributed by atoms with Crippen LogP contribution in [0.4, 0.5) is 0 Å². The van der Waals surface area contributed by atoms with E-state index < -0.39 is 111 Å². The first-order valence-electron chi connectivity index (χ1n) is 15.1. The maximum atomic E-state index is 12.6.